The Bertz CT molecular complexity index is 335. The lowest BCUT2D eigenvalue weighted by atomic mass is 9.74. The van der Waals surface area contributed by atoms with E-state index in [2.05, 4.69) is 0 Å². The van der Waals surface area contributed by atoms with Crippen LogP contribution in [0.25, 0.3) is 0 Å². The molecule has 1 saturated carbocycles. The van der Waals surface area contributed by atoms with Crippen molar-refractivity contribution in [2.45, 2.75) is 64.9 Å². The quantitative estimate of drug-likeness (QED) is 0.554. The van der Waals surface area contributed by atoms with Gasteiger partial charge in [-0.3, -0.25) is 9.59 Å². The molecule has 0 spiro atoms. The summed E-state index contributed by atoms with van der Waals surface area (Å²) in [6.07, 6.45) is 5.59. The Hall–Kier alpha value is -1.10. The summed E-state index contributed by atoms with van der Waals surface area (Å²) in [5, 5.41) is 19.0. The van der Waals surface area contributed by atoms with Crippen molar-refractivity contribution < 1.29 is 24.5 Å². The van der Waals surface area contributed by atoms with E-state index in [0.717, 1.165) is 32.1 Å². The highest BCUT2D eigenvalue weighted by molar-refractivity contribution is 5.99. The molecule has 2 atom stereocenters. The molecule has 0 heterocycles. The zero-order valence-corrected chi connectivity index (χ0v) is 12.4. The number of rotatable bonds is 7. The van der Waals surface area contributed by atoms with Crippen LogP contribution in [0.3, 0.4) is 0 Å². The summed E-state index contributed by atoms with van der Waals surface area (Å²) in [6.45, 7) is 2.89. The van der Waals surface area contributed by atoms with Gasteiger partial charge in [0, 0.05) is 0 Å². The van der Waals surface area contributed by atoms with E-state index in [4.69, 9.17) is 4.74 Å². The van der Waals surface area contributed by atoms with Crippen molar-refractivity contribution in [2.75, 3.05) is 6.61 Å². The number of aliphatic carboxylic acids is 1. The summed E-state index contributed by atoms with van der Waals surface area (Å²) in [6, 6.07) is 0. The normalized spacial score (nSPS) is 20.9. The molecule has 0 amide bonds. The maximum Gasteiger partial charge on any atom is 0.326 e. The number of aliphatic hydroxyl groups is 1. The average Bonchev–Trinajstić information content (AvgIpc) is 2.45. The van der Waals surface area contributed by atoms with E-state index in [0.29, 0.717) is 6.42 Å². The minimum Gasteiger partial charge on any atom is -0.480 e. The van der Waals surface area contributed by atoms with Crippen molar-refractivity contribution in [3.05, 3.63) is 0 Å². The van der Waals surface area contributed by atoms with Crippen LogP contribution in [0.4, 0.5) is 0 Å². The summed E-state index contributed by atoms with van der Waals surface area (Å²) in [5.41, 5.74) is -1.80. The topological polar surface area (TPSA) is 83.8 Å². The molecule has 116 valence electrons. The highest BCUT2D eigenvalue weighted by Gasteiger charge is 2.49. The van der Waals surface area contributed by atoms with Gasteiger partial charge in [0.2, 0.25) is 0 Å². The van der Waals surface area contributed by atoms with E-state index in [-0.39, 0.29) is 18.4 Å². The van der Waals surface area contributed by atoms with Gasteiger partial charge in [0.15, 0.2) is 5.41 Å². The Morgan fingerprint density at radius 3 is 2.35 bits per heavy atom. The first kappa shape index (κ1) is 17.0. The Morgan fingerprint density at radius 2 is 1.90 bits per heavy atom. The van der Waals surface area contributed by atoms with Crippen LogP contribution < -0.4 is 0 Å². The van der Waals surface area contributed by atoms with Crippen LogP contribution in [-0.4, -0.2) is 34.9 Å². The first-order valence-electron chi connectivity index (χ1n) is 7.51. The van der Waals surface area contributed by atoms with E-state index < -0.39 is 24.0 Å². The van der Waals surface area contributed by atoms with Crippen molar-refractivity contribution in [3.63, 3.8) is 0 Å². The molecule has 0 aromatic rings. The van der Waals surface area contributed by atoms with Crippen molar-refractivity contribution in [2.24, 2.45) is 11.3 Å². The fourth-order valence-electron chi connectivity index (χ4n) is 2.72. The van der Waals surface area contributed by atoms with E-state index in [1.165, 1.54) is 0 Å². The number of hydrogen-bond acceptors (Lipinski definition) is 4. The molecule has 1 rings (SSSR count). The number of carboxylic acids is 1. The number of hydrogen-bond donors (Lipinski definition) is 2. The standard InChI is InChI=1S/C15H26O5/c1-3-11(2)20-14(19)15(10-16,13(17)18)9-12-7-5-4-6-8-12/h11-12,16H,3-10H2,1-2H3,(H,17,18). The van der Waals surface area contributed by atoms with Crippen molar-refractivity contribution in [3.8, 4) is 0 Å². The van der Waals surface area contributed by atoms with Crippen molar-refractivity contribution in [1.29, 1.82) is 0 Å². The third kappa shape index (κ3) is 3.95. The van der Waals surface area contributed by atoms with Crippen LogP contribution in [0, 0.1) is 11.3 Å². The molecule has 0 radical (unpaired) electrons. The Labute approximate surface area is 120 Å². The molecule has 2 N–H and O–H groups in total. The van der Waals surface area contributed by atoms with Gasteiger partial charge in [-0.1, -0.05) is 39.0 Å². The molecule has 20 heavy (non-hydrogen) atoms. The summed E-state index contributed by atoms with van der Waals surface area (Å²) in [4.78, 5) is 23.8. The zero-order valence-electron chi connectivity index (χ0n) is 12.4. The molecule has 5 nitrogen and oxygen atoms in total. The molecular formula is C15H26O5. The Kier molecular flexibility index (Phi) is 6.46. The van der Waals surface area contributed by atoms with Crippen LogP contribution >= 0.6 is 0 Å². The molecule has 0 aromatic carbocycles. The molecule has 0 bridgehead atoms. The molecule has 5 heteroatoms. The first-order valence-corrected chi connectivity index (χ1v) is 7.51. The van der Waals surface area contributed by atoms with Crippen molar-refractivity contribution in [1.82, 2.24) is 0 Å². The molecule has 1 fully saturated rings. The van der Waals surface area contributed by atoms with Crippen LogP contribution in [-0.2, 0) is 14.3 Å². The summed E-state index contributed by atoms with van der Waals surface area (Å²) < 4.78 is 5.18. The lowest BCUT2D eigenvalue weighted by molar-refractivity contribution is -0.177. The number of carboxylic acid groups (broad SMARTS) is 1. The molecule has 1 aliphatic carbocycles. The minimum absolute atomic E-state index is 0.175. The maximum absolute atomic E-state index is 12.2. The molecule has 0 saturated heterocycles. The predicted molar refractivity (Wildman–Crippen MR) is 74.2 cm³/mol. The third-order valence-corrected chi connectivity index (χ3v) is 4.32. The number of esters is 1. The molecule has 0 aromatic heterocycles. The fraction of sp³-hybridized carbons (Fsp3) is 0.867. The van der Waals surface area contributed by atoms with Crippen LogP contribution in [0.5, 0.6) is 0 Å². The smallest absolute Gasteiger partial charge is 0.326 e. The predicted octanol–water partition coefficient (Wildman–Crippen LogP) is 2.36. The SMILES string of the molecule is CCC(C)OC(=O)C(CO)(CC1CCCCC1)C(=O)O. The molecule has 2 unspecified atom stereocenters. The monoisotopic (exact) mass is 286 g/mol. The van der Waals surface area contributed by atoms with Gasteiger partial charge in [0.05, 0.1) is 12.7 Å². The van der Waals surface area contributed by atoms with Crippen LogP contribution in [0.15, 0.2) is 0 Å². The second-order valence-corrected chi connectivity index (χ2v) is 5.88. The van der Waals surface area contributed by atoms with E-state index in [9.17, 15) is 19.8 Å². The van der Waals surface area contributed by atoms with Crippen LogP contribution in [0.2, 0.25) is 0 Å². The number of ether oxygens (including phenoxy) is 1. The van der Waals surface area contributed by atoms with Gasteiger partial charge >= 0.3 is 11.9 Å². The Balaban J connectivity index is 2.84. The summed E-state index contributed by atoms with van der Waals surface area (Å²) in [7, 11) is 0. The van der Waals surface area contributed by atoms with Gasteiger partial charge < -0.3 is 14.9 Å². The van der Waals surface area contributed by atoms with E-state index in [1.807, 2.05) is 6.92 Å². The van der Waals surface area contributed by atoms with Gasteiger partial charge in [0.1, 0.15) is 0 Å². The second kappa shape index (κ2) is 7.62. The maximum atomic E-state index is 12.2. The molecule has 1 aliphatic rings. The highest BCUT2D eigenvalue weighted by Crippen LogP contribution is 2.36. The number of carbonyl (C=O) groups excluding carboxylic acids is 1. The number of carbonyl (C=O) groups is 2. The Morgan fingerprint density at radius 1 is 1.30 bits per heavy atom. The summed E-state index contributed by atoms with van der Waals surface area (Å²) in [5.74, 6) is -1.90. The minimum atomic E-state index is -1.80. The third-order valence-electron chi connectivity index (χ3n) is 4.32. The van der Waals surface area contributed by atoms with Gasteiger partial charge in [-0.2, -0.15) is 0 Å². The second-order valence-electron chi connectivity index (χ2n) is 5.88. The van der Waals surface area contributed by atoms with E-state index in [1.54, 1.807) is 6.92 Å². The van der Waals surface area contributed by atoms with Crippen LogP contribution in [0.1, 0.15) is 58.8 Å². The first-order chi connectivity index (χ1) is 9.46. The molecule has 0 aliphatic heterocycles. The largest absolute Gasteiger partial charge is 0.480 e. The lowest BCUT2D eigenvalue weighted by Crippen LogP contribution is -2.46. The number of aliphatic hydroxyl groups excluding tert-OH is 1. The average molecular weight is 286 g/mol. The molecular weight excluding hydrogens is 260 g/mol. The zero-order chi connectivity index (χ0) is 15.2. The van der Waals surface area contributed by atoms with Crippen molar-refractivity contribution >= 4 is 11.9 Å². The van der Waals surface area contributed by atoms with E-state index >= 15 is 0 Å². The van der Waals surface area contributed by atoms with Gasteiger partial charge in [0.25, 0.3) is 0 Å². The fourth-order valence-corrected chi connectivity index (χ4v) is 2.72. The van der Waals surface area contributed by atoms with Gasteiger partial charge in [-0.15, -0.1) is 0 Å². The van der Waals surface area contributed by atoms with Gasteiger partial charge in [-0.05, 0) is 25.7 Å². The highest BCUT2D eigenvalue weighted by atomic mass is 16.5. The summed E-state index contributed by atoms with van der Waals surface area (Å²) >= 11 is 0. The van der Waals surface area contributed by atoms with Gasteiger partial charge in [-0.25, -0.2) is 0 Å². The lowest BCUT2D eigenvalue weighted by Gasteiger charge is -2.32.